The fraction of sp³-hybridized carbons (Fsp3) is 0.0769. The number of aryl methyl sites for hydroxylation is 1. The Hall–Kier alpha value is -1.19. The quantitative estimate of drug-likeness (QED) is 0.451. The van der Waals surface area contributed by atoms with Gasteiger partial charge in [0, 0.05) is 27.1 Å². The molecule has 17 heavy (non-hydrogen) atoms. The Morgan fingerprint density at radius 1 is 1.18 bits per heavy atom. The van der Waals surface area contributed by atoms with Crippen molar-refractivity contribution in [1.82, 2.24) is 9.97 Å². The number of fused-ring (bicyclic) bond motifs is 3. The third-order valence-electron chi connectivity index (χ3n) is 2.81. The predicted molar refractivity (Wildman–Crippen MR) is 74.5 cm³/mol. The van der Waals surface area contributed by atoms with E-state index in [9.17, 15) is 0 Å². The van der Waals surface area contributed by atoms with E-state index in [2.05, 4.69) is 32.0 Å². The summed E-state index contributed by atoms with van der Waals surface area (Å²) in [5.41, 5.74) is 1.85. The lowest BCUT2D eigenvalue weighted by molar-refractivity contribution is 1.23. The molecule has 0 spiro atoms. The molecule has 3 aromatic rings. The van der Waals surface area contributed by atoms with Crippen molar-refractivity contribution in [3.63, 3.8) is 0 Å². The molecular weight excluding hydrogens is 300 g/mol. The van der Waals surface area contributed by atoms with Crippen molar-refractivity contribution in [1.29, 1.82) is 0 Å². The van der Waals surface area contributed by atoms with Gasteiger partial charge < -0.3 is 0 Å². The third-order valence-corrected chi connectivity index (χ3v) is 3.59. The van der Waals surface area contributed by atoms with Crippen molar-refractivity contribution < 1.29 is 0 Å². The number of pyridine rings is 2. The van der Waals surface area contributed by atoms with Crippen LogP contribution >= 0.6 is 27.5 Å². The van der Waals surface area contributed by atoms with E-state index in [-0.39, 0.29) is 0 Å². The summed E-state index contributed by atoms with van der Waals surface area (Å²) in [7, 11) is 0. The van der Waals surface area contributed by atoms with Crippen molar-refractivity contribution in [3.8, 4) is 0 Å². The smallest absolute Gasteiger partial charge is 0.137 e. The van der Waals surface area contributed by atoms with Crippen LogP contribution in [0, 0.1) is 6.92 Å². The van der Waals surface area contributed by atoms with Crippen molar-refractivity contribution in [2.45, 2.75) is 6.92 Å². The van der Waals surface area contributed by atoms with Gasteiger partial charge in [-0.2, -0.15) is 0 Å². The zero-order valence-corrected chi connectivity index (χ0v) is 11.4. The second kappa shape index (κ2) is 3.93. The van der Waals surface area contributed by atoms with Gasteiger partial charge in [0.2, 0.25) is 0 Å². The second-order valence-electron chi connectivity index (χ2n) is 3.88. The lowest BCUT2D eigenvalue weighted by Crippen LogP contribution is -1.89. The third kappa shape index (κ3) is 1.70. The number of nitrogens with zero attached hydrogens (tertiary/aromatic N) is 2. The summed E-state index contributed by atoms with van der Waals surface area (Å²) in [6.07, 6.45) is 1.75. The first-order chi connectivity index (χ1) is 8.16. The molecule has 1 aromatic carbocycles. The summed E-state index contributed by atoms with van der Waals surface area (Å²) in [5.74, 6) is 0. The van der Waals surface area contributed by atoms with Gasteiger partial charge in [0.15, 0.2) is 0 Å². The minimum absolute atomic E-state index is 0.533. The summed E-state index contributed by atoms with van der Waals surface area (Å²) in [4.78, 5) is 8.72. The average Bonchev–Trinajstić information content (AvgIpc) is 2.28. The zero-order valence-electron chi connectivity index (χ0n) is 9.04. The van der Waals surface area contributed by atoms with E-state index in [0.717, 1.165) is 31.8 Å². The van der Waals surface area contributed by atoms with Crippen LogP contribution in [0.15, 0.2) is 34.9 Å². The van der Waals surface area contributed by atoms with Gasteiger partial charge in [0.05, 0.1) is 5.52 Å². The zero-order chi connectivity index (χ0) is 12.0. The normalized spacial score (nSPS) is 11.2. The first-order valence-electron chi connectivity index (χ1n) is 5.17. The molecule has 2 heterocycles. The summed E-state index contributed by atoms with van der Waals surface area (Å²) >= 11 is 9.68. The van der Waals surface area contributed by atoms with Gasteiger partial charge in [-0.15, -0.1) is 0 Å². The van der Waals surface area contributed by atoms with Crippen molar-refractivity contribution in [2.75, 3.05) is 0 Å². The number of hydrogen-bond acceptors (Lipinski definition) is 2. The molecule has 0 fully saturated rings. The Kier molecular flexibility index (Phi) is 2.53. The minimum atomic E-state index is 0.533. The van der Waals surface area contributed by atoms with E-state index in [4.69, 9.17) is 11.6 Å². The maximum atomic E-state index is 6.19. The summed E-state index contributed by atoms with van der Waals surface area (Å²) < 4.78 is 1.02. The van der Waals surface area contributed by atoms with E-state index >= 15 is 0 Å². The van der Waals surface area contributed by atoms with Crippen LogP contribution in [0.1, 0.15) is 5.69 Å². The largest absolute Gasteiger partial charge is 0.261 e. The second-order valence-corrected chi connectivity index (χ2v) is 5.16. The van der Waals surface area contributed by atoms with Gasteiger partial charge in [-0.05, 0) is 30.5 Å². The first-order valence-corrected chi connectivity index (χ1v) is 6.34. The van der Waals surface area contributed by atoms with E-state index < -0.39 is 0 Å². The van der Waals surface area contributed by atoms with Crippen LogP contribution < -0.4 is 0 Å². The molecule has 0 amide bonds. The van der Waals surface area contributed by atoms with Crippen LogP contribution in [0.3, 0.4) is 0 Å². The number of rotatable bonds is 0. The van der Waals surface area contributed by atoms with Crippen LogP contribution in [0.4, 0.5) is 0 Å². The van der Waals surface area contributed by atoms with Crippen molar-refractivity contribution >= 4 is 49.2 Å². The SMILES string of the molecule is Cc1nccc2nc(Cl)c3ccc(Br)cc3c12. The van der Waals surface area contributed by atoms with E-state index in [1.165, 1.54) is 0 Å². The fourth-order valence-electron chi connectivity index (χ4n) is 2.05. The van der Waals surface area contributed by atoms with Gasteiger partial charge in [-0.25, -0.2) is 4.98 Å². The summed E-state index contributed by atoms with van der Waals surface area (Å²) in [6, 6.07) is 7.88. The molecule has 3 rings (SSSR count). The van der Waals surface area contributed by atoms with Crippen LogP contribution in [0.25, 0.3) is 21.7 Å². The number of halogens is 2. The molecule has 0 aliphatic rings. The Balaban J connectivity index is 2.65. The van der Waals surface area contributed by atoms with Gasteiger partial charge >= 0.3 is 0 Å². The monoisotopic (exact) mass is 306 g/mol. The first kappa shape index (κ1) is 10.9. The molecule has 84 valence electrons. The standard InChI is InChI=1S/C13H8BrClN2/c1-7-12-10-6-8(14)2-3-9(10)13(15)17-11(12)4-5-16-7/h2-6H,1H3. The molecule has 0 radical (unpaired) electrons. The highest BCUT2D eigenvalue weighted by Crippen LogP contribution is 2.32. The molecule has 2 nitrogen and oxygen atoms in total. The Morgan fingerprint density at radius 2 is 2.00 bits per heavy atom. The number of aromatic nitrogens is 2. The van der Waals surface area contributed by atoms with Crippen LogP contribution in [-0.2, 0) is 0 Å². The average molecular weight is 308 g/mol. The van der Waals surface area contributed by atoms with Crippen molar-refractivity contribution in [3.05, 3.63) is 45.8 Å². The molecule has 0 unspecified atom stereocenters. The molecule has 2 aromatic heterocycles. The van der Waals surface area contributed by atoms with Crippen LogP contribution in [-0.4, -0.2) is 9.97 Å². The van der Waals surface area contributed by atoms with E-state index in [1.807, 2.05) is 25.1 Å². The van der Waals surface area contributed by atoms with Crippen LogP contribution in [0.2, 0.25) is 5.15 Å². The Bertz CT molecular complexity index is 740. The summed E-state index contributed by atoms with van der Waals surface area (Å²) in [5, 5.41) is 3.64. The number of benzene rings is 1. The lowest BCUT2D eigenvalue weighted by atomic mass is 10.1. The summed E-state index contributed by atoms with van der Waals surface area (Å²) in [6.45, 7) is 1.98. The minimum Gasteiger partial charge on any atom is -0.261 e. The Morgan fingerprint density at radius 3 is 2.82 bits per heavy atom. The van der Waals surface area contributed by atoms with E-state index in [1.54, 1.807) is 6.20 Å². The van der Waals surface area contributed by atoms with E-state index in [0.29, 0.717) is 5.15 Å². The molecule has 0 bridgehead atoms. The maximum absolute atomic E-state index is 6.19. The molecule has 4 heteroatoms. The molecular formula is C13H8BrClN2. The number of hydrogen-bond donors (Lipinski definition) is 0. The van der Waals surface area contributed by atoms with Crippen molar-refractivity contribution in [2.24, 2.45) is 0 Å². The molecule has 0 saturated heterocycles. The van der Waals surface area contributed by atoms with Gasteiger partial charge in [0.1, 0.15) is 5.15 Å². The lowest BCUT2D eigenvalue weighted by Gasteiger charge is -2.07. The highest BCUT2D eigenvalue weighted by Gasteiger charge is 2.09. The topological polar surface area (TPSA) is 25.8 Å². The predicted octanol–water partition coefficient (Wildman–Crippen LogP) is 4.51. The van der Waals surface area contributed by atoms with Gasteiger partial charge in [-0.3, -0.25) is 4.98 Å². The molecule has 0 aliphatic carbocycles. The fourth-order valence-corrected chi connectivity index (χ4v) is 2.67. The highest BCUT2D eigenvalue weighted by molar-refractivity contribution is 9.10. The molecule has 0 aliphatic heterocycles. The molecule has 0 saturated carbocycles. The Labute approximate surface area is 112 Å². The molecule has 0 atom stereocenters. The maximum Gasteiger partial charge on any atom is 0.137 e. The van der Waals surface area contributed by atoms with Gasteiger partial charge in [0.25, 0.3) is 0 Å². The molecule has 0 N–H and O–H groups in total. The van der Waals surface area contributed by atoms with Crippen LogP contribution in [0.5, 0.6) is 0 Å². The van der Waals surface area contributed by atoms with Gasteiger partial charge in [-0.1, -0.05) is 33.6 Å². The highest BCUT2D eigenvalue weighted by atomic mass is 79.9.